The normalized spacial score (nSPS) is 11.3. The topological polar surface area (TPSA) is 122 Å². The van der Waals surface area contributed by atoms with E-state index in [1.54, 1.807) is 0 Å². The van der Waals surface area contributed by atoms with E-state index < -0.39 is 20.9 Å². The first kappa shape index (κ1) is 24.1. The highest BCUT2D eigenvalue weighted by Gasteiger charge is 2.24. The van der Waals surface area contributed by atoms with Crippen LogP contribution in [0.4, 0.5) is 17.1 Å². The van der Waals surface area contributed by atoms with Gasteiger partial charge >= 0.3 is 0 Å². The van der Waals surface area contributed by atoms with Gasteiger partial charge in [0.2, 0.25) is 10.0 Å². The fourth-order valence-electron chi connectivity index (χ4n) is 3.01. The first-order valence-electron chi connectivity index (χ1n) is 9.52. The van der Waals surface area contributed by atoms with Crippen molar-refractivity contribution in [1.29, 1.82) is 0 Å². The summed E-state index contributed by atoms with van der Waals surface area (Å²) in [6.45, 7) is 5.02. The summed E-state index contributed by atoms with van der Waals surface area (Å²) < 4.78 is 31.4. The number of hydrogen-bond donors (Lipinski definition) is 1. The van der Waals surface area contributed by atoms with Gasteiger partial charge in [0, 0.05) is 45.0 Å². The molecule has 0 aromatic heterocycles. The van der Waals surface area contributed by atoms with Crippen LogP contribution in [-0.2, 0) is 10.0 Å². The van der Waals surface area contributed by atoms with E-state index in [-0.39, 0.29) is 27.6 Å². The van der Waals surface area contributed by atoms with Crippen LogP contribution in [0.25, 0.3) is 0 Å². The molecule has 0 atom stereocenters. The van der Waals surface area contributed by atoms with Gasteiger partial charge in [0.1, 0.15) is 10.6 Å². The number of hydrogen-bond acceptors (Lipinski definition) is 7. The van der Waals surface area contributed by atoms with E-state index in [1.807, 2.05) is 18.7 Å². The zero-order valence-corrected chi connectivity index (χ0v) is 18.9. The van der Waals surface area contributed by atoms with Crippen molar-refractivity contribution >= 4 is 33.0 Å². The molecule has 0 bridgehead atoms. The standard InChI is InChI=1S/C20H26N4O6S/c1-6-23(7-2)17-10-9-15(24(26)27)13-16(17)20(25)21-14-8-11-18(30-5)19(12-14)31(28,29)22(3)4/h8-13H,6-7H2,1-5H3,(H,21,25). The molecule has 31 heavy (non-hydrogen) atoms. The molecule has 0 aliphatic carbocycles. The number of ether oxygens (including phenoxy) is 1. The zero-order valence-electron chi connectivity index (χ0n) is 18.1. The van der Waals surface area contributed by atoms with Crippen molar-refractivity contribution in [1.82, 2.24) is 4.31 Å². The number of benzene rings is 2. The van der Waals surface area contributed by atoms with Gasteiger partial charge in [0.15, 0.2) is 0 Å². The highest BCUT2D eigenvalue weighted by Crippen LogP contribution is 2.30. The maximum absolute atomic E-state index is 13.0. The molecule has 10 nitrogen and oxygen atoms in total. The summed E-state index contributed by atoms with van der Waals surface area (Å²) in [6.07, 6.45) is 0. The summed E-state index contributed by atoms with van der Waals surface area (Å²) in [5, 5.41) is 13.9. The summed E-state index contributed by atoms with van der Waals surface area (Å²) in [5.41, 5.74) is 0.656. The van der Waals surface area contributed by atoms with Crippen LogP contribution < -0.4 is 15.0 Å². The molecule has 168 valence electrons. The molecule has 2 aromatic rings. The number of rotatable bonds is 9. The van der Waals surface area contributed by atoms with E-state index in [4.69, 9.17) is 4.74 Å². The van der Waals surface area contributed by atoms with Gasteiger partial charge in [-0.05, 0) is 38.1 Å². The van der Waals surface area contributed by atoms with Gasteiger partial charge in [-0.25, -0.2) is 12.7 Å². The lowest BCUT2D eigenvalue weighted by atomic mass is 10.1. The minimum Gasteiger partial charge on any atom is -0.495 e. The van der Waals surface area contributed by atoms with E-state index >= 15 is 0 Å². The van der Waals surface area contributed by atoms with Crippen LogP contribution in [-0.4, -0.2) is 57.8 Å². The Bertz CT molecular complexity index is 1080. The maximum atomic E-state index is 13.0. The molecule has 0 fully saturated rings. The second-order valence-corrected chi connectivity index (χ2v) is 8.86. The fraction of sp³-hybridized carbons (Fsp3) is 0.350. The smallest absolute Gasteiger partial charge is 0.270 e. The van der Waals surface area contributed by atoms with Crippen LogP contribution in [0.15, 0.2) is 41.3 Å². The molecule has 2 aromatic carbocycles. The SMILES string of the molecule is CCN(CC)c1ccc([N+](=O)[O-])cc1C(=O)Nc1ccc(OC)c(S(=O)(=O)N(C)C)c1. The first-order chi connectivity index (χ1) is 14.6. The third-order valence-electron chi connectivity index (χ3n) is 4.72. The van der Waals surface area contributed by atoms with Crippen molar-refractivity contribution in [2.45, 2.75) is 18.7 Å². The lowest BCUT2D eigenvalue weighted by Crippen LogP contribution is -2.26. The molecule has 2 rings (SSSR count). The summed E-state index contributed by atoms with van der Waals surface area (Å²) in [6, 6.07) is 8.32. The van der Waals surface area contributed by atoms with Crippen LogP contribution >= 0.6 is 0 Å². The Labute approximate surface area is 181 Å². The van der Waals surface area contributed by atoms with E-state index in [1.165, 1.54) is 57.6 Å². The summed E-state index contributed by atoms with van der Waals surface area (Å²) >= 11 is 0. The van der Waals surface area contributed by atoms with Crippen molar-refractivity contribution in [3.8, 4) is 5.75 Å². The quantitative estimate of drug-likeness (QED) is 0.460. The molecule has 1 N–H and O–H groups in total. The number of nitro benzene ring substituents is 1. The van der Waals surface area contributed by atoms with Gasteiger partial charge in [-0.3, -0.25) is 14.9 Å². The number of non-ortho nitro benzene ring substituents is 1. The number of carbonyl (C=O) groups excluding carboxylic acids is 1. The number of nitrogens with zero attached hydrogens (tertiary/aromatic N) is 3. The number of anilines is 2. The zero-order chi connectivity index (χ0) is 23.3. The molecule has 1 amide bonds. The van der Waals surface area contributed by atoms with Crippen molar-refractivity contribution in [2.24, 2.45) is 0 Å². The van der Waals surface area contributed by atoms with Crippen LogP contribution in [0.1, 0.15) is 24.2 Å². The Morgan fingerprint density at radius 3 is 2.29 bits per heavy atom. The van der Waals surface area contributed by atoms with Gasteiger partial charge in [0.25, 0.3) is 11.6 Å². The van der Waals surface area contributed by atoms with Crippen LogP contribution in [0.5, 0.6) is 5.75 Å². The Morgan fingerprint density at radius 2 is 1.77 bits per heavy atom. The van der Waals surface area contributed by atoms with Crippen molar-refractivity contribution in [3.63, 3.8) is 0 Å². The molecule has 0 spiro atoms. The Morgan fingerprint density at radius 1 is 1.13 bits per heavy atom. The average Bonchev–Trinajstić information content (AvgIpc) is 2.74. The largest absolute Gasteiger partial charge is 0.495 e. The average molecular weight is 451 g/mol. The Hall–Kier alpha value is -3.18. The molecule has 0 unspecified atom stereocenters. The molecule has 0 radical (unpaired) electrons. The van der Waals surface area contributed by atoms with Crippen molar-refractivity contribution < 1.29 is 22.9 Å². The lowest BCUT2D eigenvalue weighted by molar-refractivity contribution is -0.384. The van der Waals surface area contributed by atoms with Gasteiger partial charge in [-0.1, -0.05) is 0 Å². The molecule has 0 saturated heterocycles. The third kappa shape index (κ3) is 5.12. The summed E-state index contributed by atoms with van der Waals surface area (Å²) in [4.78, 5) is 25.5. The first-order valence-corrected chi connectivity index (χ1v) is 11.0. The molecule has 0 saturated carbocycles. The minimum atomic E-state index is -3.83. The van der Waals surface area contributed by atoms with Crippen molar-refractivity contribution in [3.05, 3.63) is 52.1 Å². The monoisotopic (exact) mass is 450 g/mol. The van der Waals surface area contributed by atoms with Gasteiger partial charge < -0.3 is 15.0 Å². The maximum Gasteiger partial charge on any atom is 0.270 e. The van der Waals surface area contributed by atoms with Gasteiger partial charge in [0.05, 0.1) is 23.3 Å². The number of amides is 1. The number of carbonyl (C=O) groups is 1. The highest BCUT2D eigenvalue weighted by molar-refractivity contribution is 7.89. The number of nitro groups is 1. The minimum absolute atomic E-state index is 0.110. The van der Waals surface area contributed by atoms with Crippen LogP contribution in [0, 0.1) is 10.1 Å². The molecule has 0 aliphatic heterocycles. The number of sulfonamides is 1. The predicted octanol–water partition coefficient (Wildman–Crippen LogP) is 2.95. The van der Waals surface area contributed by atoms with E-state index in [0.717, 1.165) is 4.31 Å². The molecular weight excluding hydrogens is 424 g/mol. The van der Waals surface area contributed by atoms with Gasteiger partial charge in [-0.15, -0.1) is 0 Å². The van der Waals surface area contributed by atoms with Crippen LogP contribution in [0.3, 0.4) is 0 Å². The van der Waals surface area contributed by atoms with E-state index in [2.05, 4.69) is 5.32 Å². The van der Waals surface area contributed by atoms with Crippen LogP contribution in [0.2, 0.25) is 0 Å². The summed E-state index contributed by atoms with van der Waals surface area (Å²) in [5.74, 6) is -0.463. The second kappa shape index (κ2) is 9.75. The molecule has 11 heteroatoms. The predicted molar refractivity (Wildman–Crippen MR) is 118 cm³/mol. The summed E-state index contributed by atoms with van der Waals surface area (Å²) in [7, 11) is 0.295. The highest BCUT2D eigenvalue weighted by atomic mass is 32.2. The fourth-order valence-corrected chi connectivity index (χ4v) is 4.09. The van der Waals surface area contributed by atoms with Gasteiger partial charge in [-0.2, -0.15) is 0 Å². The van der Waals surface area contributed by atoms with E-state index in [0.29, 0.717) is 18.8 Å². The van der Waals surface area contributed by atoms with E-state index in [9.17, 15) is 23.3 Å². The molecule has 0 heterocycles. The van der Waals surface area contributed by atoms with Crippen molar-refractivity contribution in [2.75, 3.05) is 44.5 Å². The molecular formula is C20H26N4O6S. The number of methoxy groups -OCH3 is 1. The third-order valence-corrected chi connectivity index (χ3v) is 6.56. The Kier molecular flexibility index (Phi) is 7.58. The lowest BCUT2D eigenvalue weighted by Gasteiger charge is -2.23. The number of nitrogens with one attached hydrogen (secondary N) is 1. The Balaban J connectivity index is 2.52. The second-order valence-electron chi connectivity index (χ2n) is 6.74. The molecule has 0 aliphatic rings.